The van der Waals surface area contributed by atoms with E-state index < -0.39 is 0 Å². The molecule has 0 saturated carbocycles. The molecule has 2 aromatic rings. The SMILES string of the molecule is N#CC1=C/O/C=C/C=C\C=C\Nc2ccccc2/C=N/C=C/c2cncn2\C=C/C=C/1. The molecule has 0 bridgehead atoms. The van der Waals surface area contributed by atoms with Crippen molar-refractivity contribution in [1.29, 1.82) is 5.26 Å². The average Bonchev–Trinajstić information content (AvgIpc) is 3.24. The summed E-state index contributed by atoms with van der Waals surface area (Å²) >= 11 is 0. The average molecular weight is 407 g/mol. The van der Waals surface area contributed by atoms with Gasteiger partial charge in [0.05, 0.1) is 30.1 Å². The van der Waals surface area contributed by atoms with Gasteiger partial charge in [-0.2, -0.15) is 5.26 Å². The van der Waals surface area contributed by atoms with Crippen LogP contribution in [0.4, 0.5) is 5.69 Å². The number of nitriles is 1. The summed E-state index contributed by atoms with van der Waals surface area (Å²) in [4.78, 5) is 8.56. The molecule has 6 heteroatoms. The number of rotatable bonds is 0. The second-order valence-corrected chi connectivity index (χ2v) is 6.15. The molecular formula is C25H21N5O. The van der Waals surface area contributed by atoms with E-state index in [1.165, 1.54) is 12.5 Å². The number of para-hydroxylation sites is 1. The fourth-order valence-electron chi connectivity index (χ4n) is 2.48. The van der Waals surface area contributed by atoms with E-state index in [0.717, 1.165) is 16.9 Å². The molecule has 1 N–H and O–H groups in total. The molecule has 6 nitrogen and oxygen atoms in total. The Morgan fingerprint density at radius 2 is 1.90 bits per heavy atom. The van der Waals surface area contributed by atoms with Crippen molar-refractivity contribution in [1.82, 2.24) is 9.55 Å². The number of anilines is 1. The van der Waals surface area contributed by atoms with E-state index >= 15 is 0 Å². The Hall–Kier alpha value is -4.63. The van der Waals surface area contributed by atoms with Crippen LogP contribution in [0.5, 0.6) is 0 Å². The lowest BCUT2D eigenvalue weighted by Crippen LogP contribution is -1.93. The zero-order chi connectivity index (χ0) is 21.6. The Bertz CT molecular complexity index is 1150. The van der Waals surface area contributed by atoms with E-state index in [9.17, 15) is 5.26 Å². The maximum atomic E-state index is 9.18. The monoisotopic (exact) mass is 407 g/mol. The molecule has 0 amide bonds. The summed E-state index contributed by atoms with van der Waals surface area (Å²) in [6.45, 7) is 0. The van der Waals surface area contributed by atoms with E-state index in [0.29, 0.717) is 5.57 Å². The number of nitrogens with zero attached hydrogens (tertiary/aromatic N) is 4. The third kappa shape index (κ3) is 7.04. The lowest BCUT2D eigenvalue weighted by molar-refractivity contribution is 0.401. The zero-order valence-electron chi connectivity index (χ0n) is 16.7. The van der Waals surface area contributed by atoms with E-state index in [-0.39, 0.29) is 0 Å². The van der Waals surface area contributed by atoms with E-state index in [1.807, 2.05) is 71.6 Å². The van der Waals surface area contributed by atoms with Crippen LogP contribution in [-0.2, 0) is 4.74 Å². The van der Waals surface area contributed by atoms with Gasteiger partial charge in [0.15, 0.2) is 0 Å². The van der Waals surface area contributed by atoms with Gasteiger partial charge in [-0.05, 0) is 36.4 Å². The Balaban J connectivity index is 1.86. The lowest BCUT2D eigenvalue weighted by Gasteiger charge is -2.04. The largest absolute Gasteiger partial charge is 0.471 e. The first-order valence-corrected chi connectivity index (χ1v) is 9.53. The van der Waals surface area contributed by atoms with Crippen LogP contribution in [0.25, 0.3) is 12.3 Å². The first-order valence-electron chi connectivity index (χ1n) is 9.53. The van der Waals surface area contributed by atoms with Crippen LogP contribution in [0.2, 0.25) is 0 Å². The molecule has 0 aliphatic carbocycles. The second kappa shape index (κ2) is 12.0. The van der Waals surface area contributed by atoms with Crippen LogP contribution in [0.1, 0.15) is 11.3 Å². The van der Waals surface area contributed by atoms with Crippen LogP contribution in [0.15, 0.2) is 115 Å². The van der Waals surface area contributed by atoms with Crippen LogP contribution >= 0.6 is 0 Å². The molecule has 1 aromatic carbocycles. The minimum atomic E-state index is 0.392. The van der Waals surface area contributed by atoms with Crippen molar-refractivity contribution in [2.45, 2.75) is 0 Å². The summed E-state index contributed by atoms with van der Waals surface area (Å²) < 4.78 is 7.12. The Kier molecular flexibility index (Phi) is 8.19. The summed E-state index contributed by atoms with van der Waals surface area (Å²) in [5.41, 5.74) is 3.17. The van der Waals surface area contributed by atoms with Crippen molar-refractivity contribution in [2.75, 3.05) is 5.32 Å². The lowest BCUT2D eigenvalue weighted by atomic mass is 10.2. The molecule has 0 radical (unpaired) electrons. The topological polar surface area (TPSA) is 75.2 Å². The van der Waals surface area contributed by atoms with Crippen molar-refractivity contribution in [2.24, 2.45) is 4.99 Å². The second-order valence-electron chi connectivity index (χ2n) is 6.15. The van der Waals surface area contributed by atoms with Gasteiger partial charge in [0, 0.05) is 36.1 Å². The van der Waals surface area contributed by atoms with Crippen LogP contribution in [0.3, 0.4) is 0 Å². The molecule has 31 heavy (non-hydrogen) atoms. The maximum absolute atomic E-state index is 9.18. The van der Waals surface area contributed by atoms with Gasteiger partial charge < -0.3 is 14.6 Å². The molecule has 1 aliphatic rings. The minimum absolute atomic E-state index is 0.392. The fourth-order valence-corrected chi connectivity index (χ4v) is 2.48. The fraction of sp³-hybridized carbons (Fsp3) is 0. The predicted octanol–water partition coefficient (Wildman–Crippen LogP) is 5.43. The number of ether oxygens (including phenoxy) is 1. The quantitative estimate of drug-likeness (QED) is 0.632. The summed E-state index contributed by atoms with van der Waals surface area (Å²) in [5, 5.41) is 12.4. The van der Waals surface area contributed by atoms with Crippen molar-refractivity contribution in [3.63, 3.8) is 0 Å². The van der Waals surface area contributed by atoms with Gasteiger partial charge in [-0.15, -0.1) is 0 Å². The highest BCUT2D eigenvalue weighted by Crippen LogP contribution is 2.13. The third-order valence-corrected chi connectivity index (χ3v) is 3.98. The number of benzene rings is 1. The molecular weight excluding hydrogens is 386 g/mol. The Labute approximate surface area is 181 Å². The van der Waals surface area contributed by atoms with Crippen molar-refractivity contribution in [3.05, 3.63) is 121 Å². The maximum Gasteiger partial charge on any atom is 0.108 e. The number of imidazole rings is 1. The zero-order valence-corrected chi connectivity index (χ0v) is 16.7. The number of allylic oxidation sites excluding steroid dienone is 8. The highest BCUT2D eigenvalue weighted by atomic mass is 16.5. The van der Waals surface area contributed by atoms with Crippen LogP contribution in [0, 0.1) is 11.3 Å². The van der Waals surface area contributed by atoms with Gasteiger partial charge in [-0.25, -0.2) is 4.98 Å². The number of aliphatic imine (C=N–C) groups is 1. The number of nitrogens with one attached hydrogen (secondary N) is 1. The van der Waals surface area contributed by atoms with E-state index in [4.69, 9.17) is 4.74 Å². The van der Waals surface area contributed by atoms with E-state index in [1.54, 1.807) is 43.2 Å². The number of hydrogen-bond donors (Lipinski definition) is 1. The molecule has 0 spiro atoms. The smallest absolute Gasteiger partial charge is 0.108 e. The standard InChI is InChI=1S/C25H21N5O/c26-17-22-9-5-7-15-30-21-28-19-24(30)12-14-27-18-23-10-3-4-11-25(23)29-13-6-1-2-8-16-31-20-22/h1-16,18-21,29H/b2-1-,9-5+,13-6+,14-12+,15-7-,16-8+,22-20-,27-18+. The third-order valence-electron chi connectivity index (χ3n) is 3.98. The van der Waals surface area contributed by atoms with Crippen molar-refractivity contribution < 1.29 is 4.74 Å². The molecule has 0 saturated heterocycles. The summed E-state index contributed by atoms with van der Waals surface area (Å²) in [5.74, 6) is 0. The predicted molar refractivity (Wildman–Crippen MR) is 126 cm³/mol. The van der Waals surface area contributed by atoms with Gasteiger partial charge in [-0.3, -0.25) is 4.99 Å². The highest BCUT2D eigenvalue weighted by molar-refractivity contribution is 5.88. The number of aromatic nitrogens is 2. The van der Waals surface area contributed by atoms with Gasteiger partial charge in [0.2, 0.25) is 0 Å². The summed E-state index contributed by atoms with van der Waals surface area (Å²) in [6, 6.07) is 9.98. The van der Waals surface area contributed by atoms with E-state index in [2.05, 4.69) is 21.4 Å². The first kappa shape index (κ1) is 21.1. The van der Waals surface area contributed by atoms with Crippen LogP contribution in [-0.4, -0.2) is 15.8 Å². The molecule has 0 unspecified atom stereocenters. The van der Waals surface area contributed by atoms with Gasteiger partial charge in [-0.1, -0.05) is 36.4 Å². The normalized spacial score (nSPS) is 23.1. The number of hydrogen-bond acceptors (Lipinski definition) is 5. The molecule has 1 aliphatic heterocycles. The molecule has 2 heterocycles. The molecule has 1 aromatic heterocycles. The van der Waals surface area contributed by atoms with Crippen molar-refractivity contribution in [3.8, 4) is 6.07 Å². The van der Waals surface area contributed by atoms with Crippen molar-refractivity contribution >= 4 is 24.2 Å². The van der Waals surface area contributed by atoms with Gasteiger partial charge in [0.25, 0.3) is 0 Å². The van der Waals surface area contributed by atoms with Gasteiger partial charge >= 0.3 is 0 Å². The molecule has 0 fully saturated rings. The summed E-state index contributed by atoms with van der Waals surface area (Å²) in [7, 11) is 0. The number of fused-ring (bicyclic) bond motifs is 2. The molecule has 3 rings (SSSR count). The van der Waals surface area contributed by atoms with Gasteiger partial charge in [0.1, 0.15) is 12.3 Å². The Morgan fingerprint density at radius 3 is 2.84 bits per heavy atom. The first-order chi connectivity index (χ1) is 15.4. The minimum Gasteiger partial charge on any atom is -0.471 e. The Morgan fingerprint density at radius 1 is 1.00 bits per heavy atom. The summed E-state index contributed by atoms with van der Waals surface area (Å²) in [6.07, 6.45) is 27.9. The molecule has 152 valence electrons. The molecule has 0 atom stereocenters. The van der Waals surface area contributed by atoms with Crippen LogP contribution < -0.4 is 5.32 Å². The highest BCUT2D eigenvalue weighted by Gasteiger charge is 1.96.